The minimum absolute atomic E-state index is 0.797. The molecule has 2 fully saturated rings. The van der Waals surface area contributed by atoms with Crippen LogP contribution in [-0.4, -0.2) is 71.2 Å². The minimum Gasteiger partial charge on any atom is -0.335 e. The third-order valence-corrected chi connectivity index (χ3v) is 4.75. The first kappa shape index (κ1) is 14.0. The molecule has 0 radical (unpaired) electrons. The van der Waals surface area contributed by atoms with E-state index in [0.717, 1.165) is 18.4 Å². The van der Waals surface area contributed by atoms with Crippen LogP contribution in [0.15, 0.2) is 12.4 Å². The Morgan fingerprint density at radius 1 is 1.25 bits per heavy atom. The Labute approximate surface area is 122 Å². The zero-order valence-corrected chi connectivity index (χ0v) is 12.6. The Bertz CT molecular complexity index is 402. The number of piperazine rings is 1. The third-order valence-electron chi connectivity index (χ3n) is 4.75. The van der Waals surface area contributed by atoms with Crippen molar-refractivity contribution >= 4 is 0 Å². The second-order valence-corrected chi connectivity index (χ2v) is 6.05. The van der Waals surface area contributed by atoms with Crippen LogP contribution < -0.4 is 5.32 Å². The predicted molar refractivity (Wildman–Crippen MR) is 80.9 cm³/mol. The third kappa shape index (κ3) is 3.40. The van der Waals surface area contributed by atoms with E-state index in [-0.39, 0.29) is 0 Å². The number of aromatic nitrogens is 2. The molecule has 1 aromatic heterocycles. The molecule has 3 rings (SSSR count). The van der Waals surface area contributed by atoms with Gasteiger partial charge in [-0.1, -0.05) is 0 Å². The Balaban J connectivity index is 1.35. The van der Waals surface area contributed by atoms with Crippen molar-refractivity contribution in [2.45, 2.75) is 32.4 Å². The van der Waals surface area contributed by atoms with Gasteiger partial charge in [0.1, 0.15) is 5.82 Å². The van der Waals surface area contributed by atoms with Crippen molar-refractivity contribution in [3.05, 3.63) is 18.2 Å². The Morgan fingerprint density at radius 2 is 2.10 bits per heavy atom. The van der Waals surface area contributed by atoms with Crippen LogP contribution in [0.25, 0.3) is 0 Å². The van der Waals surface area contributed by atoms with Crippen LogP contribution in [-0.2, 0) is 6.54 Å². The number of aryl methyl sites for hydroxylation is 2. The molecule has 5 nitrogen and oxygen atoms in total. The van der Waals surface area contributed by atoms with Gasteiger partial charge in [-0.15, -0.1) is 0 Å². The molecule has 2 saturated heterocycles. The predicted octanol–water partition coefficient (Wildman–Crippen LogP) is 0.561. The minimum atomic E-state index is 0.797. The van der Waals surface area contributed by atoms with Crippen molar-refractivity contribution < 1.29 is 0 Å². The highest BCUT2D eigenvalue weighted by atomic mass is 15.3. The fourth-order valence-electron chi connectivity index (χ4n) is 3.41. The summed E-state index contributed by atoms with van der Waals surface area (Å²) in [7, 11) is 0. The molecule has 3 heterocycles. The molecule has 1 N–H and O–H groups in total. The van der Waals surface area contributed by atoms with Crippen LogP contribution in [0, 0.1) is 6.92 Å². The van der Waals surface area contributed by atoms with Gasteiger partial charge in [0.2, 0.25) is 0 Å². The molecule has 0 bridgehead atoms. The number of hydrogen-bond donors (Lipinski definition) is 1. The Kier molecular flexibility index (Phi) is 4.70. The van der Waals surface area contributed by atoms with Crippen LogP contribution >= 0.6 is 0 Å². The van der Waals surface area contributed by atoms with Crippen molar-refractivity contribution in [2.24, 2.45) is 0 Å². The maximum atomic E-state index is 4.27. The monoisotopic (exact) mass is 277 g/mol. The summed E-state index contributed by atoms with van der Waals surface area (Å²) in [5, 5.41) is 3.47. The van der Waals surface area contributed by atoms with Gasteiger partial charge in [0.25, 0.3) is 0 Å². The van der Waals surface area contributed by atoms with Crippen molar-refractivity contribution in [2.75, 3.05) is 45.8 Å². The number of rotatable bonds is 5. The van der Waals surface area contributed by atoms with E-state index in [0.29, 0.717) is 0 Å². The maximum absolute atomic E-state index is 4.27. The standard InChI is InChI=1S/C15H27N5/c1-14-17-5-8-19(14)7-2-6-18-9-11-20(12-10-18)15-3-4-16-13-15/h5,8,15-16H,2-4,6-7,9-13H2,1H3. The first-order valence-electron chi connectivity index (χ1n) is 7.98. The van der Waals surface area contributed by atoms with E-state index >= 15 is 0 Å². The van der Waals surface area contributed by atoms with E-state index in [1.807, 2.05) is 6.20 Å². The number of hydrogen-bond acceptors (Lipinski definition) is 4. The van der Waals surface area contributed by atoms with Gasteiger partial charge in [0.15, 0.2) is 0 Å². The number of imidazole rings is 1. The largest absolute Gasteiger partial charge is 0.335 e. The van der Waals surface area contributed by atoms with Crippen LogP contribution in [0.4, 0.5) is 0 Å². The quantitative estimate of drug-likeness (QED) is 0.853. The maximum Gasteiger partial charge on any atom is 0.105 e. The Morgan fingerprint density at radius 3 is 2.75 bits per heavy atom. The van der Waals surface area contributed by atoms with E-state index in [1.54, 1.807) is 0 Å². The second kappa shape index (κ2) is 6.70. The molecule has 112 valence electrons. The highest BCUT2D eigenvalue weighted by Gasteiger charge is 2.25. The first-order valence-corrected chi connectivity index (χ1v) is 7.98. The SMILES string of the molecule is Cc1nccn1CCCN1CCN(C2CCNC2)CC1. The summed E-state index contributed by atoms with van der Waals surface area (Å²) < 4.78 is 2.25. The van der Waals surface area contributed by atoms with Crippen LogP contribution in [0.2, 0.25) is 0 Å². The van der Waals surface area contributed by atoms with Gasteiger partial charge in [-0.2, -0.15) is 0 Å². The number of nitrogens with zero attached hydrogens (tertiary/aromatic N) is 4. The fourth-order valence-corrected chi connectivity index (χ4v) is 3.41. The lowest BCUT2D eigenvalue weighted by molar-refractivity contribution is 0.101. The lowest BCUT2D eigenvalue weighted by Gasteiger charge is -2.37. The molecule has 0 spiro atoms. The molecule has 1 aromatic rings. The molecule has 0 aromatic carbocycles. The van der Waals surface area contributed by atoms with Crippen LogP contribution in [0.5, 0.6) is 0 Å². The second-order valence-electron chi connectivity index (χ2n) is 6.05. The first-order chi connectivity index (χ1) is 9.83. The average molecular weight is 277 g/mol. The van der Waals surface area contributed by atoms with E-state index in [4.69, 9.17) is 0 Å². The fraction of sp³-hybridized carbons (Fsp3) is 0.800. The average Bonchev–Trinajstić information content (AvgIpc) is 3.12. The van der Waals surface area contributed by atoms with Crippen molar-refractivity contribution in [1.29, 1.82) is 0 Å². The summed E-state index contributed by atoms with van der Waals surface area (Å²) in [5.74, 6) is 1.13. The van der Waals surface area contributed by atoms with Crippen molar-refractivity contribution in [1.82, 2.24) is 24.7 Å². The molecule has 0 aliphatic carbocycles. The molecule has 20 heavy (non-hydrogen) atoms. The van der Waals surface area contributed by atoms with Gasteiger partial charge in [0.05, 0.1) is 0 Å². The lowest BCUT2D eigenvalue weighted by atomic mass is 10.2. The molecule has 0 saturated carbocycles. The van der Waals surface area contributed by atoms with Gasteiger partial charge in [-0.25, -0.2) is 4.98 Å². The molecule has 2 aliphatic heterocycles. The number of nitrogens with one attached hydrogen (secondary N) is 1. The Hall–Kier alpha value is -0.910. The molecule has 2 aliphatic rings. The van der Waals surface area contributed by atoms with Crippen LogP contribution in [0.1, 0.15) is 18.7 Å². The van der Waals surface area contributed by atoms with Gasteiger partial charge in [-0.05, 0) is 32.9 Å². The molecule has 1 unspecified atom stereocenters. The topological polar surface area (TPSA) is 36.3 Å². The summed E-state index contributed by atoms with van der Waals surface area (Å²) in [6.45, 7) is 11.8. The van der Waals surface area contributed by atoms with Gasteiger partial charge in [-0.3, -0.25) is 4.90 Å². The van der Waals surface area contributed by atoms with Gasteiger partial charge in [0, 0.05) is 57.7 Å². The van der Waals surface area contributed by atoms with Crippen LogP contribution in [0.3, 0.4) is 0 Å². The zero-order valence-electron chi connectivity index (χ0n) is 12.6. The summed E-state index contributed by atoms with van der Waals surface area (Å²) in [6.07, 6.45) is 6.53. The molecule has 5 heteroatoms. The van der Waals surface area contributed by atoms with Gasteiger partial charge >= 0.3 is 0 Å². The van der Waals surface area contributed by atoms with E-state index in [1.165, 1.54) is 58.7 Å². The zero-order chi connectivity index (χ0) is 13.8. The molecule has 1 atom stereocenters. The summed E-state index contributed by atoms with van der Waals surface area (Å²) in [6, 6.07) is 0.797. The highest BCUT2D eigenvalue weighted by molar-refractivity contribution is 4.88. The van der Waals surface area contributed by atoms with E-state index < -0.39 is 0 Å². The lowest BCUT2D eigenvalue weighted by Crippen LogP contribution is -2.51. The molecule has 0 amide bonds. The molecular weight excluding hydrogens is 250 g/mol. The van der Waals surface area contributed by atoms with Gasteiger partial charge < -0.3 is 14.8 Å². The normalized spacial score (nSPS) is 25.4. The summed E-state index contributed by atoms with van der Waals surface area (Å²) in [5.41, 5.74) is 0. The summed E-state index contributed by atoms with van der Waals surface area (Å²) in [4.78, 5) is 9.57. The highest BCUT2D eigenvalue weighted by Crippen LogP contribution is 2.12. The smallest absolute Gasteiger partial charge is 0.105 e. The van der Waals surface area contributed by atoms with Crippen molar-refractivity contribution in [3.63, 3.8) is 0 Å². The summed E-state index contributed by atoms with van der Waals surface area (Å²) >= 11 is 0. The van der Waals surface area contributed by atoms with Crippen molar-refractivity contribution in [3.8, 4) is 0 Å². The molecular formula is C15H27N5. The van der Waals surface area contributed by atoms with E-state index in [9.17, 15) is 0 Å². The van der Waals surface area contributed by atoms with E-state index in [2.05, 4.69) is 37.8 Å².